The number of nitrogens with one attached hydrogen (secondary N) is 1. The first-order valence-electron chi connectivity index (χ1n) is 6.62. The van der Waals surface area contributed by atoms with E-state index in [0.717, 1.165) is 11.1 Å². The normalized spacial score (nSPS) is 11.9. The second-order valence-electron chi connectivity index (χ2n) is 4.84. The molecule has 0 spiro atoms. The Morgan fingerprint density at radius 1 is 1.33 bits per heavy atom. The van der Waals surface area contributed by atoms with E-state index in [9.17, 15) is 15.2 Å². The van der Waals surface area contributed by atoms with E-state index in [1.807, 2.05) is 31.2 Å². The van der Waals surface area contributed by atoms with Gasteiger partial charge in [0.2, 0.25) is 5.82 Å². The van der Waals surface area contributed by atoms with Gasteiger partial charge in [-0.3, -0.25) is 10.1 Å². The molecule has 21 heavy (non-hydrogen) atoms. The Bertz CT molecular complexity index is 614. The van der Waals surface area contributed by atoms with E-state index < -0.39 is 4.92 Å². The van der Waals surface area contributed by atoms with Crippen molar-refractivity contribution in [2.75, 3.05) is 11.9 Å². The molecule has 0 saturated heterocycles. The molecule has 0 bridgehead atoms. The summed E-state index contributed by atoms with van der Waals surface area (Å²) in [6.45, 7) is 1.87. The summed E-state index contributed by atoms with van der Waals surface area (Å²) in [5, 5.41) is 23.4. The first-order valence-corrected chi connectivity index (χ1v) is 6.62. The van der Waals surface area contributed by atoms with Crippen LogP contribution in [-0.4, -0.2) is 27.7 Å². The molecular formula is C15H17N3O3. The Labute approximate surface area is 122 Å². The van der Waals surface area contributed by atoms with E-state index in [1.54, 1.807) is 0 Å². The largest absolute Gasteiger partial charge is 0.394 e. The van der Waals surface area contributed by atoms with Gasteiger partial charge >= 0.3 is 5.69 Å². The molecule has 0 aliphatic rings. The number of hydrogen-bond acceptors (Lipinski definition) is 5. The summed E-state index contributed by atoms with van der Waals surface area (Å²) >= 11 is 0. The summed E-state index contributed by atoms with van der Waals surface area (Å²) in [5.74, 6) is 0.175. The summed E-state index contributed by atoms with van der Waals surface area (Å²) < 4.78 is 0. The monoisotopic (exact) mass is 287 g/mol. The summed E-state index contributed by atoms with van der Waals surface area (Å²) in [5.41, 5.74) is 2.11. The van der Waals surface area contributed by atoms with E-state index in [0.29, 0.717) is 6.42 Å². The van der Waals surface area contributed by atoms with Gasteiger partial charge in [0.15, 0.2) is 0 Å². The van der Waals surface area contributed by atoms with Gasteiger partial charge in [-0.05, 0) is 25.0 Å². The minimum Gasteiger partial charge on any atom is -0.394 e. The molecule has 0 saturated carbocycles. The lowest BCUT2D eigenvalue weighted by atomic mass is 10.0. The van der Waals surface area contributed by atoms with Crippen molar-refractivity contribution in [3.05, 3.63) is 63.8 Å². The van der Waals surface area contributed by atoms with Crippen molar-refractivity contribution in [3.8, 4) is 0 Å². The zero-order valence-electron chi connectivity index (χ0n) is 11.7. The lowest BCUT2D eigenvalue weighted by Crippen LogP contribution is -2.27. The van der Waals surface area contributed by atoms with Crippen LogP contribution < -0.4 is 5.32 Å². The molecule has 1 unspecified atom stereocenters. The Hall–Kier alpha value is -2.47. The molecule has 110 valence electrons. The van der Waals surface area contributed by atoms with Gasteiger partial charge in [-0.2, -0.15) is 0 Å². The number of pyridine rings is 1. The van der Waals surface area contributed by atoms with Crippen molar-refractivity contribution in [2.45, 2.75) is 19.4 Å². The lowest BCUT2D eigenvalue weighted by Gasteiger charge is -2.17. The van der Waals surface area contributed by atoms with Crippen molar-refractivity contribution in [2.24, 2.45) is 0 Å². The Morgan fingerprint density at radius 2 is 2.05 bits per heavy atom. The molecule has 0 aliphatic heterocycles. The topological polar surface area (TPSA) is 88.3 Å². The molecule has 6 nitrogen and oxygen atoms in total. The third kappa shape index (κ3) is 4.00. The highest BCUT2D eigenvalue weighted by Gasteiger charge is 2.17. The van der Waals surface area contributed by atoms with Crippen molar-refractivity contribution >= 4 is 11.5 Å². The second kappa shape index (κ2) is 6.81. The lowest BCUT2D eigenvalue weighted by molar-refractivity contribution is -0.384. The van der Waals surface area contributed by atoms with Crippen LogP contribution in [0.4, 0.5) is 11.5 Å². The van der Waals surface area contributed by atoms with Crippen LogP contribution in [0.25, 0.3) is 0 Å². The third-order valence-corrected chi connectivity index (χ3v) is 3.15. The molecule has 1 aromatic carbocycles. The van der Waals surface area contributed by atoms with E-state index >= 15 is 0 Å². The number of aryl methyl sites for hydroxylation is 1. The fourth-order valence-corrected chi connectivity index (χ4v) is 2.02. The average molecular weight is 287 g/mol. The average Bonchev–Trinajstić information content (AvgIpc) is 2.49. The van der Waals surface area contributed by atoms with E-state index in [4.69, 9.17) is 0 Å². The van der Waals surface area contributed by atoms with Gasteiger partial charge < -0.3 is 10.4 Å². The molecule has 2 aromatic rings. The van der Waals surface area contributed by atoms with Crippen LogP contribution in [0.3, 0.4) is 0 Å². The highest BCUT2D eigenvalue weighted by Crippen LogP contribution is 2.21. The molecule has 1 aromatic heterocycles. The second-order valence-corrected chi connectivity index (χ2v) is 4.84. The Morgan fingerprint density at radius 3 is 2.67 bits per heavy atom. The maximum absolute atomic E-state index is 11.0. The summed E-state index contributed by atoms with van der Waals surface area (Å²) in [6, 6.07) is 10.5. The Balaban J connectivity index is 2.12. The van der Waals surface area contributed by atoms with Crippen molar-refractivity contribution < 1.29 is 10.0 Å². The molecule has 0 amide bonds. The van der Waals surface area contributed by atoms with E-state index in [-0.39, 0.29) is 24.2 Å². The predicted octanol–water partition coefficient (Wildman–Crippen LogP) is 2.31. The maximum atomic E-state index is 11.0. The minimum atomic E-state index is -0.490. The SMILES string of the molecule is Cc1ccc(CC(CO)Nc2ncccc2[N+](=O)[O-])cc1. The van der Waals surface area contributed by atoms with Gasteiger partial charge in [0.05, 0.1) is 17.6 Å². The van der Waals surface area contributed by atoms with Crippen LogP contribution in [-0.2, 0) is 6.42 Å². The summed E-state index contributed by atoms with van der Waals surface area (Å²) in [7, 11) is 0. The zero-order valence-corrected chi connectivity index (χ0v) is 11.7. The highest BCUT2D eigenvalue weighted by molar-refractivity contribution is 5.55. The first kappa shape index (κ1) is 14.9. The van der Waals surface area contributed by atoms with Gasteiger partial charge in [-0.1, -0.05) is 29.8 Å². The quantitative estimate of drug-likeness (QED) is 0.628. The highest BCUT2D eigenvalue weighted by atomic mass is 16.6. The number of hydrogen-bond donors (Lipinski definition) is 2. The summed E-state index contributed by atoms with van der Waals surface area (Å²) in [6.07, 6.45) is 2.04. The smallest absolute Gasteiger partial charge is 0.311 e. The molecule has 1 atom stereocenters. The number of aromatic nitrogens is 1. The van der Waals surface area contributed by atoms with Crippen LogP contribution in [0, 0.1) is 17.0 Å². The number of nitrogens with zero attached hydrogens (tertiary/aromatic N) is 2. The molecule has 0 aliphatic carbocycles. The fourth-order valence-electron chi connectivity index (χ4n) is 2.02. The van der Waals surface area contributed by atoms with Gasteiger partial charge in [0.25, 0.3) is 0 Å². The number of aliphatic hydroxyl groups excluding tert-OH is 1. The molecule has 0 radical (unpaired) electrons. The molecular weight excluding hydrogens is 270 g/mol. The van der Waals surface area contributed by atoms with Crippen molar-refractivity contribution in [1.82, 2.24) is 4.98 Å². The van der Waals surface area contributed by atoms with Crippen LogP contribution in [0.5, 0.6) is 0 Å². The minimum absolute atomic E-state index is 0.0974. The number of benzene rings is 1. The molecule has 0 fully saturated rings. The maximum Gasteiger partial charge on any atom is 0.311 e. The predicted molar refractivity (Wildman–Crippen MR) is 80.3 cm³/mol. The number of rotatable bonds is 6. The van der Waals surface area contributed by atoms with Crippen LogP contribution in [0.15, 0.2) is 42.6 Å². The van der Waals surface area contributed by atoms with E-state index in [1.165, 1.54) is 18.3 Å². The third-order valence-electron chi connectivity index (χ3n) is 3.15. The van der Waals surface area contributed by atoms with Crippen LogP contribution in [0.2, 0.25) is 0 Å². The molecule has 2 rings (SSSR count). The van der Waals surface area contributed by atoms with Crippen molar-refractivity contribution in [1.29, 1.82) is 0 Å². The number of aliphatic hydroxyl groups is 1. The Kier molecular flexibility index (Phi) is 4.84. The summed E-state index contributed by atoms with van der Waals surface area (Å²) in [4.78, 5) is 14.4. The number of nitro groups is 1. The van der Waals surface area contributed by atoms with Gasteiger partial charge in [0.1, 0.15) is 0 Å². The van der Waals surface area contributed by atoms with Crippen molar-refractivity contribution in [3.63, 3.8) is 0 Å². The van der Waals surface area contributed by atoms with E-state index in [2.05, 4.69) is 10.3 Å². The standard InChI is InChI=1S/C15H17N3O3/c1-11-4-6-12(7-5-11)9-13(10-19)17-15-14(18(20)21)3-2-8-16-15/h2-8,13,19H,9-10H2,1H3,(H,16,17). The molecule has 2 N–H and O–H groups in total. The first-order chi connectivity index (χ1) is 10.1. The van der Waals surface area contributed by atoms with Gasteiger partial charge in [0, 0.05) is 12.3 Å². The zero-order chi connectivity index (χ0) is 15.2. The molecule has 6 heteroatoms. The van der Waals surface area contributed by atoms with Gasteiger partial charge in [-0.15, -0.1) is 0 Å². The van der Waals surface area contributed by atoms with Gasteiger partial charge in [-0.25, -0.2) is 4.98 Å². The van der Waals surface area contributed by atoms with Crippen LogP contribution >= 0.6 is 0 Å². The number of anilines is 1. The fraction of sp³-hybridized carbons (Fsp3) is 0.267. The van der Waals surface area contributed by atoms with Crippen LogP contribution in [0.1, 0.15) is 11.1 Å². The molecule has 1 heterocycles.